The summed E-state index contributed by atoms with van der Waals surface area (Å²) in [6.45, 7) is 1.34. The maximum absolute atomic E-state index is 8.99. The van der Waals surface area contributed by atoms with Crippen LogP contribution in [0.4, 0.5) is 0 Å². The molecule has 0 saturated carbocycles. The van der Waals surface area contributed by atoms with Gasteiger partial charge < -0.3 is 9.47 Å². The average Bonchev–Trinajstić information content (AvgIpc) is 2.77. The molecule has 0 fully saturated rings. The van der Waals surface area contributed by atoms with E-state index in [-0.39, 0.29) is 0 Å². The number of unbranched alkanes of at least 4 members (excludes halogenated alkanes) is 7. The van der Waals surface area contributed by atoms with Crippen molar-refractivity contribution in [1.29, 1.82) is 10.5 Å². The van der Waals surface area contributed by atoms with Gasteiger partial charge in [0.25, 0.3) is 0 Å². The molecule has 2 rings (SSSR count). The number of rotatable bonds is 13. The Morgan fingerprint density at radius 1 is 0.531 bits per heavy atom. The number of nitrogens with zero attached hydrogens (tertiary/aromatic N) is 2. The lowest BCUT2D eigenvalue weighted by Crippen LogP contribution is -2.00. The van der Waals surface area contributed by atoms with E-state index in [4.69, 9.17) is 20.0 Å². The second-order valence-corrected chi connectivity index (χ2v) is 10.7. The predicted molar refractivity (Wildman–Crippen MR) is 141 cm³/mol. The lowest BCUT2D eigenvalue weighted by molar-refractivity contribution is 0.297. The molecule has 0 saturated heterocycles. The number of benzene rings is 2. The van der Waals surface area contributed by atoms with E-state index in [9.17, 15) is 0 Å². The minimum atomic E-state index is 0.595. The molecule has 0 aliphatic rings. The summed E-state index contributed by atoms with van der Waals surface area (Å²) in [5, 5.41) is 18.0. The van der Waals surface area contributed by atoms with Gasteiger partial charge in [0, 0.05) is 0 Å². The monoisotopic (exact) mass is 688 g/mol. The molecule has 2 aromatic rings. The molecule has 0 atom stereocenters. The lowest BCUT2D eigenvalue weighted by Gasteiger charge is -2.11. The van der Waals surface area contributed by atoms with Gasteiger partial charge in [-0.3, -0.25) is 0 Å². The highest BCUT2D eigenvalue weighted by Gasteiger charge is 2.10. The van der Waals surface area contributed by atoms with Crippen molar-refractivity contribution >= 4 is 63.7 Å². The maximum atomic E-state index is 8.99. The van der Waals surface area contributed by atoms with Crippen LogP contribution >= 0.6 is 63.7 Å². The summed E-state index contributed by atoms with van der Waals surface area (Å²) in [6, 6.07) is 11.3. The average molecular weight is 692 g/mol. The van der Waals surface area contributed by atoms with E-state index in [1.54, 1.807) is 24.3 Å². The van der Waals surface area contributed by atoms with Gasteiger partial charge in [-0.25, -0.2) is 0 Å². The van der Waals surface area contributed by atoms with Gasteiger partial charge in [0.1, 0.15) is 11.5 Å². The number of ether oxygens (including phenoxy) is 2. The Balaban J connectivity index is 1.50. The van der Waals surface area contributed by atoms with Gasteiger partial charge in [-0.2, -0.15) is 10.5 Å². The highest BCUT2D eigenvalue weighted by molar-refractivity contribution is 9.11. The number of hydrogen-bond donors (Lipinski definition) is 0. The first-order chi connectivity index (χ1) is 15.5. The summed E-state index contributed by atoms with van der Waals surface area (Å²) in [5.74, 6) is 1.51. The van der Waals surface area contributed by atoms with Crippen LogP contribution in [0, 0.1) is 22.7 Å². The van der Waals surface area contributed by atoms with Crippen LogP contribution in [0.25, 0.3) is 0 Å². The summed E-state index contributed by atoms with van der Waals surface area (Å²) < 4.78 is 14.9. The van der Waals surface area contributed by atoms with E-state index in [1.165, 1.54) is 25.7 Å². The summed E-state index contributed by atoms with van der Waals surface area (Å²) in [5.41, 5.74) is 1.19. The molecule has 0 heterocycles. The molecule has 0 aliphatic heterocycles. The minimum absolute atomic E-state index is 0.595. The van der Waals surface area contributed by atoms with Gasteiger partial charge in [-0.05, 0) is 101 Å². The summed E-state index contributed by atoms with van der Waals surface area (Å²) >= 11 is 13.9. The van der Waals surface area contributed by atoms with E-state index in [0.717, 1.165) is 55.1 Å². The first kappa shape index (κ1) is 27.2. The van der Waals surface area contributed by atoms with Crippen molar-refractivity contribution < 1.29 is 9.47 Å². The van der Waals surface area contributed by atoms with E-state index in [1.807, 2.05) is 0 Å². The van der Waals surface area contributed by atoms with Crippen molar-refractivity contribution in [3.05, 3.63) is 53.3 Å². The Morgan fingerprint density at radius 3 is 1.09 bits per heavy atom. The Kier molecular flexibility index (Phi) is 12.7. The fourth-order valence-corrected chi connectivity index (χ4v) is 5.97. The molecule has 0 spiro atoms. The molecular weight excluding hydrogens is 668 g/mol. The van der Waals surface area contributed by atoms with Crippen LogP contribution in [-0.4, -0.2) is 13.2 Å². The Morgan fingerprint density at radius 2 is 0.812 bits per heavy atom. The molecule has 0 amide bonds. The molecular formula is C24H24Br4N2O2. The van der Waals surface area contributed by atoms with Crippen molar-refractivity contribution in [3.8, 4) is 23.6 Å². The third-order valence-corrected chi connectivity index (χ3v) is 7.14. The second-order valence-electron chi connectivity index (χ2n) is 7.29. The predicted octanol–water partition coefficient (Wildman–Crippen LogP) is 9.06. The van der Waals surface area contributed by atoms with E-state index in [2.05, 4.69) is 75.9 Å². The summed E-state index contributed by atoms with van der Waals surface area (Å²) in [7, 11) is 0. The molecule has 0 bridgehead atoms. The SMILES string of the molecule is N#Cc1cc(Br)c(OCCCCCCCCCCOc2c(Br)cc(C#N)cc2Br)c(Br)c1. The molecule has 4 nitrogen and oxygen atoms in total. The molecule has 2 aromatic carbocycles. The van der Waals surface area contributed by atoms with Crippen molar-refractivity contribution in [2.24, 2.45) is 0 Å². The van der Waals surface area contributed by atoms with E-state index < -0.39 is 0 Å². The fourth-order valence-electron chi connectivity index (χ4n) is 3.14. The normalized spacial score (nSPS) is 10.4. The van der Waals surface area contributed by atoms with Gasteiger partial charge in [0.2, 0.25) is 0 Å². The van der Waals surface area contributed by atoms with Crippen molar-refractivity contribution in [1.82, 2.24) is 0 Å². The quantitative estimate of drug-likeness (QED) is 0.197. The van der Waals surface area contributed by atoms with Crippen LogP contribution in [0.3, 0.4) is 0 Å². The highest BCUT2D eigenvalue weighted by Crippen LogP contribution is 2.35. The highest BCUT2D eigenvalue weighted by atomic mass is 79.9. The zero-order valence-corrected chi connectivity index (χ0v) is 23.9. The second kappa shape index (κ2) is 15.0. The van der Waals surface area contributed by atoms with E-state index >= 15 is 0 Å². The fraction of sp³-hybridized carbons (Fsp3) is 0.417. The van der Waals surface area contributed by atoms with Crippen LogP contribution in [0.5, 0.6) is 11.5 Å². The van der Waals surface area contributed by atoms with E-state index in [0.29, 0.717) is 24.3 Å². The van der Waals surface area contributed by atoms with Gasteiger partial charge >= 0.3 is 0 Å². The number of hydrogen-bond acceptors (Lipinski definition) is 4. The van der Waals surface area contributed by atoms with Gasteiger partial charge in [-0.15, -0.1) is 0 Å². The van der Waals surface area contributed by atoms with Crippen molar-refractivity contribution in [3.63, 3.8) is 0 Å². The largest absolute Gasteiger partial charge is 0.491 e. The molecule has 0 N–H and O–H groups in total. The van der Waals surface area contributed by atoms with Crippen LogP contribution in [-0.2, 0) is 0 Å². The van der Waals surface area contributed by atoms with Gasteiger partial charge in [0.05, 0.1) is 54.4 Å². The van der Waals surface area contributed by atoms with Crippen LogP contribution < -0.4 is 9.47 Å². The van der Waals surface area contributed by atoms with Crippen LogP contribution in [0.1, 0.15) is 62.5 Å². The third-order valence-electron chi connectivity index (χ3n) is 4.79. The molecule has 0 radical (unpaired) electrons. The molecule has 32 heavy (non-hydrogen) atoms. The van der Waals surface area contributed by atoms with Gasteiger partial charge in [0.15, 0.2) is 0 Å². The smallest absolute Gasteiger partial charge is 0.147 e. The zero-order chi connectivity index (χ0) is 23.3. The van der Waals surface area contributed by atoms with Gasteiger partial charge in [-0.1, -0.05) is 38.5 Å². The third kappa shape index (κ3) is 9.06. The lowest BCUT2D eigenvalue weighted by atomic mass is 10.1. The first-order valence-corrected chi connectivity index (χ1v) is 13.7. The topological polar surface area (TPSA) is 66.0 Å². The Bertz CT molecular complexity index is 857. The molecule has 0 unspecified atom stereocenters. The van der Waals surface area contributed by atoms with Crippen molar-refractivity contribution in [2.75, 3.05) is 13.2 Å². The molecule has 0 aliphatic carbocycles. The molecule has 0 aromatic heterocycles. The Hall–Kier alpha value is -1.06. The summed E-state index contributed by atoms with van der Waals surface area (Å²) in [6.07, 6.45) is 9.21. The zero-order valence-electron chi connectivity index (χ0n) is 17.6. The summed E-state index contributed by atoms with van der Waals surface area (Å²) in [4.78, 5) is 0. The number of nitriles is 2. The molecule has 170 valence electrons. The molecule has 8 heteroatoms. The van der Waals surface area contributed by atoms with Crippen molar-refractivity contribution in [2.45, 2.75) is 51.4 Å². The number of halogens is 4. The first-order valence-electron chi connectivity index (χ1n) is 10.5. The standard InChI is InChI=1S/C24H24Br4N2O2/c25-19-11-17(15-29)12-20(26)23(19)31-9-7-5-3-1-2-4-6-8-10-32-24-21(27)13-18(16-30)14-22(24)28/h11-14H,1-10H2. The van der Waals surface area contributed by atoms with Crippen LogP contribution in [0.2, 0.25) is 0 Å². The minimum Gasteiger partial charge on any atom is -0.491 e. The van der Waals surface area contributed by atoms with Crippen LogP contribution in [0.15, 0.2) is 42.2 Å². The Labute approximate surface area is 223 Å². The maximum Gasteiger partial charge on any atom is 0.147 e.